The Kier molecular flexibility index (Phi) is 5.07. The summed E-state index contributed by atoms with van der Waals surface area (Å²) in [7, 11) is 1.63. The number of hydrogen-bond acceptors (Lipinski definition) is 4. The molecule has 0 radical (unpaired) electrons. The van der Waals surface area contributed by atoms with E-state index < -0.39 is 0 Å². The van der Waals surface area contributed by atoms with Gasteiger partial charge in [-0.25, -0.2) is 0 Å². The van der Waals surface area contributed by atoms with Gasteiger partial charge in [0.15, 0.2) is 5.05 Å². The third-order valence-corrected chi connectivity index (χ3v) is 2.26. The van der Waals surface area contributed by atoms with E-state index in [0.29, 0.717) is 18.2 Å². The first-order valence-corrected chi connectivity index (χ1v) is 5.20. The zero-order valence-electron chi connectivity index (χ0n) is 8.73. The van der Waals surface area contributed by atoms with E-state index in [-0.39, 0.29) is 0 Å². The highest BCUT2D eigenvalue weighted by Crippen LogP contribution is 2.12. The number of methoxy groups -OCH3 is 1. The molecule has 0 aliphatic heterocycles. The Hall–Kier alpha value is -1.13. The smallest absolute Gasteiger partial charge is 0.191 e. The van der Waals surface area contributed by atoms with Crippen molar-refractivity contribution in [3.05, 3.63) is 29.8 Å². The van der Waals surface area contributed by atoms with E-state index in [2.05, 4.69) is 0 Å². The van der Waals surface area contributed by atoms with Crippen LogP contribution >= 0.6 is 12.2 Å². The minimum absolute atomic E-state index is 0.506. The third-order valence-electron chi connectivity index (χ3n) is 1.91. The Labute approximate surface area is 95.2 Å². The molecule has 15 heavy (non-hydrogen) atoms. The van der Waals surface area contributed by atoms with Gasteiger partial charge in [0, 0.05) is 5.56 Å². The van der Waals surface area contributed by atoms with E-state index in [4.69, 9.17) is 27.4 Å². The predicted molar refractivity (Wildman–Crippen MR) is 64.3 cm³/mol. The quantitative estimate of drug-likeness (QED) is 0.612. The van der Waals surface area contributed by atoms with Crippen molar-refractivity contribution in [1.82, 2.24) is 0 Å². The Morgan fingerprint density at radius 3 is 2.53 bits per heavy atom. The van der Waals surface area contributed by atoms with Gasteiger partial charge in [0.1, 0.15) is 5.75 Å². The van der Waals surface area contributed by atoms with Gasteiger partial charge in [-0.1, -0.05) is 0 Å². The normalized spacial score (nSPS) is 9.73. The molecule has 0 amide bonds. The van der Waals surface area contributed by atoms with E-state index in [1.165, 1.54) is 0 Å². The summed E-state index contributed by atoms with van der Waals surface area (Å²) in [6, 6.07) is 7.47. The van der Waals surface area contributed by atoms with Crippen LogP contribution in [0, 0.1) is 0 Å². The van der Waals surface area contributed by atoms with Gasteiger partial charge in [0.05, 0.1) is 13.7 Å². The molecule has 0 saturated carbocycles. The van der Waals surface area contributed by atoms with Crippen molar-refractivity contribution < 1.29 is 9.47 Å². The van der Waals surface area contributed by atoms with E-state index in [1.807, 2.05) is 24.3 Å². The van der Waals surface area contributed by atoms with Crippen LogP contribution in [-0.4, -0.2) is 25.3 Å². The first-order chi connectivity index (χ1) is 7.27. The zero-order valence-corrected chi connectivity index (χ0v) is 9.55. The molecule has 3 nitrogen and oxygen atoms in total. The van der Waals surface area contributed by atoms with Crippen molar-refractivity contribution in [1.29, 1.82) is 0 Å². The second-order valence-corrected chi connectivity index (χ2v) is 3.38. The lowest BCUT2D eigenvalue weighted by Gasteiger charge is -2.07. The molecule has 1 rings (SSSR count). The second kappa shape index (κ2) is 6.37. The molecule has 2 N–H and O–H groups in total. The molecule has 0 unspecified atom stereocenters. The molecule has 4 heteroatoms. The molecule has 0 aliphatic carbocycles. The monoisotopic (exact) mass is 225 g/mol. The molecule has 0 bridgehead atoms. The van der Waals surface area contributed by atoms with Gasteiger partial charge in [-0.3, -0.25) is 0 Å². The van der Waals surface area contributed by atoms with Gasteiger partial charge >= 0.3 is 0 Å². The van der Waals surface area contributed by atoms with Gasteiger partial charge in [0.25, 0.3) is 0 Å². The average molecular weight is 225 g/mol. The summed E-state index contributed by atoms with van der Waals surface area (Å²) in [5, 5.41) is 0.506. The second-order valence-electron chi connectivity index (χ2n) is 3.01. The molecule has 0 aliphatic rings. The summed E-state index contributed by atoms with van der Waals surface area (Å²) in [5.74, 6) is 0.809. The van der Waals surface area contributed by atoms with Gasteiger partial charge in [-0.15, -0.1) is 0 Å². The van der Waals surface area contributed by atoms with E-state index in [0.717, 1.165) is 17.7 Å². The standard InChI is InChI=1S/C11H15NO2S/c1-13-10-5-3-9(4-6-10)11(15)14-8-2-7-12/h3-6H,2,7-8,12H2,1H3. The average Bonchev–Trinajstić information content (AvgIpc) is 2.29. The largest absolute Gasteiger partial charge is 0.497 e. The molecule has 0 aromatic heterocycles. The van der Waals surface area contributed by atoms with Gasteiger partial charge < -0.3 is 15.2 Å². The molecule has 1 aromatic carbocycles. The molecular formula is C11H15NO2S. The highest BCUT2D eigenvalue weighted by Gasteiger charge is 2.01. The van der Waals surface area contributed by atoms with E-state index >= 15 is 0 Å². The van der Waals surface area contributed by atoms with Crippen LogP contribution in [0.1, 0.15) is 12.0 Å². The number of thiocarbonyl (C=S) groups is 1. The van der Waals surface area contributed by atoms with E-state index in [9.17, 15) is 0 Å². The molecule has 0 saturated heterocycles. The minimum Gasteiger partial charge on any atom is -0.497 e. The summed E-state index contributed by atoms with van der Waals surface area (Å²) in [6.45, 7) is 1.19. The summed E-state index contributed by atoms with van der Waals surface area (Å²) in [6.07, 6.45) is 0.816. The predicted octanol–water partition coefficient (Wildman–Crippen LogP) is 1.74. The van der Waals surface area contributed by atoms with Gasteiger partial charge in [-0.05, 0) is 49.4 Å². The number of ether oxygens (including phenoxy) is 2. The van der Waals surface area contributed by atoms with Crippen LogP contribution in [0.4, 0.5) is 0 Å². The summed E-state index contributed by atoms with van der Waals surface area (Å²) < 4.78 is 10.4. The van der Waals surface area contributed by atoms with Crippen molar-refractivity contribution in [2.75, 3.05) is 20.3 Å². The highest BCUT2D eigenvalue weighted by atomic mass is 32.1. The number of nitrogens with two attached hydrogens (primary N) is 1. The topological polar surface area (TPSA) is 44.5 Å². The Balaban J connectivity index is 2.50. The van der Waals surface area contributed by atoms with Crippen LogP contribution in [-0.2, 0) is 4.74 Å². The lowest BCUT2D eigenvalue weighted by Crippen LogP contribution is -2.09. The van der Waals surface area contributed by atoms with Gasteiger partial charge in [-0.2, -0.15) is 0 Å². The summed E-state index contributed by atoms with van der Waals surface area (Å²) in [5.41, 5.74) is 6.24. The summed E-state index contributed by atoms with van der Waals surface area (Å²) in [4.78, 5) is 0. The van der Waals surface area contributed by atoms with Crippen molar-refractivity contribution in [3.8, 4) is 5.75 Å². The lowest BCUT2D eigenvalue weighted by molar-refractivity contribution is 0.310. The van der Waals surface area contributed by atoms with Crippen LogP contribution in [0.25, 0.3) is 0 Å². The third kappa shape index (κ3) is 3.85. The molecule has 82 valence electrons. The van der Waals surface area contributed by atoms with Crippen LogP contribution in [0.3, 0.4) is 0 Å². The molecule has 0 spiro atoms. The Bertz CT molecular complexity index is 311. The Morgan fingerprint density at radius 1 is 1.33 bits per heavy atom. The van der Waals surface area contributed by atoms with E-state index in [1.54, 1.807) is 7.11 Å². The maximum Gasteiger partial charge on any atom is 0.191 e. The van der Waals surface area contributed by atoms with Crippen LogP contribution in [0.5, 0.6) is 5.75 Å². The van der Waals surface area contributed by atoms with Gasteiger partial charge in [0.2, 0.25) is 0 Å². The lowest BCUT2D eigenvalue weighted by atomic mass is 10.2. The van der Waals surface area contributed by atoms with Crippen LogP contribution in [0.15, 0.2) is 24.3 Å². The Morgan fingerprint density at radius 2 is 2.00 bits per heavy atom. The van der Waals surface area contributed by atoms with Crippen molar-refractivity contribution >= 4 is 17.3 Å². The maximum absolute atomic E-state index is 5.35. The zero-order chi connectivity index (χ0) is 11.1. The van der Waals surface area contributed by atoms with Crippen molar-refractivity contribution in [2.24, 2.45) is 5.73 Å². The number of rotatable bonds is 5. The summed E-state index contributed by atoms with van der Waals surface area (Å²) >= 11 is 5.11. The molecule has 0 atom stereocenters. The fourth-order valence-corrected chi connectivity index (χ4v) is 1.28. The molecular weight excluding hydrogens is 210 g/mol. The fourth-order valence-electron chi connectivity index (χ4n) is 1.06. The van der Waals surface area contributed by atoms with Crippen molar-refractivity contribution in [3.63, 3.8) is 0 Å². The first kappa shape index (κ1) is 11.9. The SMILES string of the molecule is COc1ccc(C(=S)OCCCN)cc1. The molecule has 1 aromatic rings. The highest BCUT2D eigenvalue weighted by molar-refractivity contribution is 7.80. The number of benzene rings is 1. The van der Waals surface area contributed by atoms with Crippen LogP contribution < -0.4 is 10.5 Å². The molecule has 0 heterocycles. The fraction of sp³-hybridized carbons (Fsp3) is 0.364. The minimum atomic E-state index is 0.506. The van der Waals surface area contributed by atoms with Crippen molar-refractivity contribution in [2.45, 2.75) is 6.42 Å². The molecule has 0 fully saturated rings. The maximum atomic E-state index is 5.35. The van der Waals surface area contributed by atoms with Crippen LogP contribution in [0.2, 0.25) is 0 Å². The number of hydrogen-bond donors (Lipinski definition) is 1. The first-order valence-electron chi connectivity index (χ1n) is 4.79.